The van der Waals surface area contributed by atoms with Gasteiger partial charge in [-0.1, -0.05) is 0 Å². The Morgan fingerprint density at radius 3 is 3.05 bits per heavy atom. The molecule has 0 aliphatic heterocycles. The topological polar surface area (TPSA) is 102 Å². The molecule has 0 radical (unpaired) electrons. The summed E-state index contributed by atoms with van der Waals surface area (Å²) < 4.78 is 4.86. The molecule has 20 heavy (non-hydrogen) atoms. The van der Waals surface area contributed by atoms with Crippen molar-refractivity contribution in [3.63, 3.8) is 0 Å². The number of rotatable bonds is 6. The Morgan fingerprint density at radius 2 is 2.30 bits per heavy atom. The minimum absolute atomic E-state index is 0.126. The molecule has 0 aliphatic carbocycles. The van der Waals surface area contributed by atoms with Crippen LogP contribution in [0, 0.1) is 6.92 Å². The van der Waals surface area contributed by atoms with Gasteiger partial charge in [-0.25, -0.2) is 4.98 Å². The maximum Gasteiger partial charge on any atom is 0.239 e. The Balaban J connectivity index is 2.04. The summed E-state index contributed by atoms with van der Waals surface area (Å²) in [5, 5.41) is 6.60. The summed E-state index contributed by atoms with van der Waals surface area (Å²) in [6.07, 6.45) is 0. The van der Waals surface area contributed by atoms with Crippen LogP contribution in [0.5, 0.6) is 0 Å². The number of carbonyl (C=O) groups excluding carboxylic acids is 1. The summed E-state index contributed by atoms with van der Waals surface area (Å²) in [7, 11) is 1.59. The molecular weight excluding hydrogens is 278 g/mol. The second kappa shape index (κ2) is 6.49. The highest BCUT2D eigenvalue weighted by atomic mass is 32.1. The number of hydrogen-bond donors (Lipinski definition) is 3. The molecule has 8 heteroatoms. The van der Waals surface area contributed by atoms with Crippen molar-refractivity contribution in [2.75, 3.05) is 37.9 Å². The summed E-state index contributed by atoms with van der Waals surface area (Å²) in [5.74, 6) is 0.653. The molecular formula is C12H17N5O2S. The molecule has 0 aliphatic rings. The number of fused-ring (bicyclic) bond motifs is 1. The molecule has 1 amide bonds. The number of methoxy groups -OCH3 is 1. The van der Waals surface area contributed by atoms with E-state index in [-0.39, 0.29) is 18.4 Å². The second-order valence-corrected chi connectivity index (χ2v) is 5.44. The SMILES string of the molecule is COCCNC(=O)CNc1nc(N)nc2sc(C)cc12. The Hall–Kier alpha value is -1.93. The standard InChI is InChI=1S/C12H17N5O2S/c1-7-5-8-10(16-12(13)17-11(8)20-7)15-6-9(18)14-3-4-19-2/h5H,3-4,6H2,1-2H3,(H,14,18)(H3,13,15,16,17). The highest BCUT2D eigenvalue weighted by Gasteiger charge is 2.10. The first kappa shape index (κ1) is 14.5. The van der Waals surface area contributed by atoms with E-state index in [1.165, 1.54) is 0 Å². The Kier molecular flexibility index (Phi) is 4.70. The second-order valence-electron chi connectivity index (χ2n) is 4.20. The van der Waals surface area contributed by atoms with Crippen molar-refractivity contribution in [3.8, 4) is 0 Å². The van der Waals surface area contributed by atoms with E-state index in [2.05, 4.69) is 20.6 Å². The number of thiophene rings is 1. The minimum Gasteiger partial charge on any atom is -0.383 e. The molecule has 2 heterocycles. The third kappa shape index (κ3) is 3.55. The fraction of sp³-hybridized carbons (Fsp3) is 0.417. The predicted molar refractivity (Wildman–Crippen MR) is 79.9 cm³/mol. The van der Waals surface area contributed by atoms with E-state index in [0.29, 0.717) is 19.0 Å². The van der Waals surface area contributed by atoms with Gasteiger partial charge in [0.2, 0.25) is 11.9 Å². The van der Waals surface area contributed by atoms with Gasteiger partial charge in [0.15, 0.2) is 0 Å². The number of aromatic nitrogens is 2. The number of anilines is 2. The average molecular weight is 295 g/mol. The minimum atomic E-state index is -0.126. The number of hydrogen-bond acceptors (Lipinski definition) is 7. The van der Waals surface area contributed by atoms with Crippen LogP contribution < -0.4 is 16.4 Å². The van der Waals surface area contributed by atoms with Gasteiger partial charge in [-0.15, -0.1) is 11.3 Å². The first-order valence-electron chi connectivity index (χ1n) is 6.13. The van der Waals surface area contributed by atoms with Crippen molar-refractivity contribution in [1.82, 2.24) is 15.3 Å². The van der Waals surface area contributed by atoms with Gasteiger partial charge in [0.05, 0.1) is 18.5 Å². The molecule has 0 fully saturated rings. The van der Waals surface area contributed by atoms with Crippen LogP contribution in [-0.2, 0) is 9.53 Å². The zero-order valence-electron chi connectivity index (χ0n) is 11.4. The molecule has 0 saturated carbocycles. The normalized spacial score (nSPS) is 10.7. The lowest BCUT2D eigenvalue weighted by Gasteiger charge is -2.08. The lowest BCUT2D eigenvalue weighted by Crippen LogP contribution is -2.32. The van der Waals surface area contributed by atoms with Gasteiger partial charge < -0.3 is 21.1 Å². The number of amides is 1. The number of ether oxygens (including phenoxy) is 1. The van der Waals surface area contributed by atoms with Gasteiger partial charge in [-0.2, -0.15) is 4.98 Å². The summed E-state index contributed by atoms with van der Waals surface area (Å²) in [6, 6.07) is 1.98. The van der Waals surface area contributed by atoms with Crippen molar-refractivity contribution >= 4 is 39.2 Å². The fourth-order valence-electron chi connectivity index (χ4n) is 1.71. The summed E-state index contributed by atoms with van der Waals surface area (Å²) in [6.45, 7) is 3.09. The van der Waals surface area contributed by atoms with Gasteiger partial charge in [0, 0.05) is 18.5 Å². The van der Waals surface area contributed by atoms with E-state index in [9.17, 15) is 4.79 Å². The molecule has 2 aromatic heterocycles. The largest absolute Gasteiger partial charge is 0.383 e. The number of nitrogens with two attached hydrogens (primary N) is 1. The van der Waals surface area contributed by atoms with Crippen molar-refractivity contribution in [2.45, 2.75) is 6.92 Å². The highest BCUT2D eigenvalue weighted by molar-refractivity contribution is 7.18. The van der Waals surface area contributed by atoms with E-state index in [1.807, 2.05) is 13.0 Å². The van der Waals surface area contributed by atoms with E-state index >= 15 is 0 Å². The van der Waals surface area contributed by atoms with Crippen LogP contribution in [0.2, 0.25) is 0 Å². The van der Waals surface area contributed by atoms with E-state index in [4.69, 9.17) is 10.5 Å². The van der Waals surface area contributed by atoms with Crippen molar-refractivity contribution in [2.24, 2.45) is 0 Å². The van der Waals surface area contributed by atoms with Crippen molar-refractivity contribution < 1.29 is 9.53 Å². The quantitative estimate of drug-likeness (QED) is 0.680. The van der Waals surface area contributed by atoms with Gasteiger partial charge in [-0.05, 0) is 13.0 Å². The van der Waals surface area contributed by atoms with Crippen LogP contribution in [0.3, 0.4) is 0 Å². The predicted octanol–water partition coefficient (Wildman–Crippen LogP) is 0.756. The number of aryl methyl sites for hydroxylation is 1. The van der Waals surface area contributed by atoms with Crippen LogP contribution in [0.15, 0.2) is 6.07 Å². The van der Waals surface area contributed by atoms with E-state index < -0.39 is 0 Å². The maximum atomic E-state index is 11.6. The van der Waals surface area contributed by atoms with Crippen LogP contribution in [0.4, 0.5) is 11.8 Å². The molecule has 0 spiro atoms. The zero-order chi connectivity index (χ0) is 14.5. The molecule has 2 rings (SSSR count). The van der Waals surface area contributed by atoms with Crippen LogP contribution in [0.25, 0.3) is 10.2 Å². The fourth-order valence-corrected chi connectivity index (χ4v) is 2.60. The van der Waals surface area contributed by atoms with E-state index in [0.717, 1.165) is 15.1 Å². The molecule has 0 bridgehead atoms. The monoisotopic (exact) mass is 295 g/mol. The van der Waals surface area contributed by atoms with Crippen molar-refractivity contribution in [3.05, 3.63) is 10.9 Å². The van der Waals surface area contributed by atoms with Crippen LogP contribution in [-0.4, -0.2) is 42.7 Å². The van der Waals surface area contributed by atoms with Gasteiger partial charge in [0.25, 0.3) is 0 Å². The van der Waals surface area contributed by atoms with Gasteiger partial charge in [0.1, 0.15) is 10.6 Å². The molecule has 0 atom stereocenters. The lowest BCUT2D eigenvalue weighted by molar-refractivity contribution is -0.119. The lowest BCUT2D eigenvalue weighted by atomic mass is 10.3. The number of nitrogen functional groups attached to an aromatic ring is 1. The summed E-state index contributed by atoms with van der Waals surface area (Å²) >= 11 is 1.54. The maximum absolute atomic E-state index is 11.6. The number of nitrogens with zero attached hydrogens (tertiary/aromatic N) is 2. The van der Waals surface area contributed by atoms with Crippen molar-refractivity contribution in [1.29, 1.82) is 0 Å². The summed E-state index contributed by atoms with van der Waals surface area (Å²) in [4.78, 5) is 21.9. The highest BCUT2D eigenvalue weighted by Crippen LogP contribution is 2.28. The van der Waals surface area contributed by atoms with Gasteiger partial charge in [-0.3, -0.25) is 4.79 Å². The molecule has 0 aromatic carbocycles. The van der Waals surface area contributed by atoms with E-state index in [1.54, 1.807) is 18.4 Å². The Bertz CT molecular complexity index is 613. The molecule has 7 nitrogen and oxygen atoms in total. The third-order valence-corrected chi connectivity index (χ3v) is 3.52. The molecule has 0 unspecified atom stereocenters. The smallest absolute Gasteiger partial charge is 0.239 e. The first-order valence-corrected chi connectivity index (χ1v) is 6.95. The van der Waals surface area contributed by atoms with Crippen LogP contribution in [0.1, 0.15) is 4.88 Å². The number of carbonyl (C=O) groups is 1. The Labute approximate surface area is 120 Å². The third-order valence-electron chi connectivity index (χ3n) is 2.58. The van der Waals surface area contributed by atoms with Crippen LogP contribution >= 0.6 is 11.3 Å². The number of nitrogens with one attached hydrogen (secondary N) is 2. The average Bonchev–Trinajstić information content (AvgIpc) is 2.76. The summed E-state index contributed by atoms with van der Waals surface area (Å²) in [5.41, 5.74) is 5.67. The first-order chi connectivity index (χ1) is 9.60. The van der Waals surface area contributed by atoms with Gasteiger partial charge >= 0.3 is 0 Å². The molecule has 108 valence electrons. The molecule has 2 aromatic rings. The molecule has 4 N–H and O–H groups in total. The molecule has 0 saturated heterocycles. The Morgan fingerprint density at radius 1 is 1.50 bits per heavy atom. The zero-order valence-corrected chi connectivity index (χ0v) is 12.2.